The Labute approximate surface area is 283 Å². The average molecular weight is 944 g/mol. The Kier molecular flexibility index (Phi) is 13.0. The highest BCUT2D eigenvalue weighted by atomic mass is 32.2. The Morgan fingerprint density at radius 2 is 0.400 bits per heavy atom. The number of hydrogen-bond acceptors (Lipinski definition) is 3. The molecule has 0 N–H and O–H groups in total. The van der Waals surface area contributed by atoms with Gasteiger partial charge in [0.1, 0.15) is 10.9 Å². The third-order valence-corrected chi connectivity index (χ3v) is 8.39. The predicted molar refractivity (Wildman–Crippen MR) is 106 cm³/mol. The van der Waals surface area contributed by atoms with Crippen LogP contribution in [0.2, 0.25) is 0 Å². The number of carbonyl (C=O) groups is 1. The Morgan fingerprint density at radius 3 is 0.545 bits per heavy atom. The van der Waals surface area contributed by atoms with E-state index in [9.17, 15) is 154 Å². The van der Waals surface area contributed by atoms with Gasteiger partial charge in [0.25, 0.3) is 0 Å². The normalized spacial score (nSPS) is 16.9. The molecule has 0 aliphatic heterocycles. The van der Waals surface area contributed by atoms with Gasteiger partial charge in [0.2, 0.25) is 0 Å². The third kappa shape index (κ3) is 7.03. The van der Waals surface area contributed by atoms with Crippen molar-refractivity contribution in [2.45, 2.75) is 98.5 Å². The van der Waals surface area contributed by atoms with Gasteiger partial charge in [0.15, 0.2) is 0 Å². The molecule has 0 atom stereocenters. The van der Waals surface area contributed by atoms with Crippen LogP contribution in [-0.2, 0) is 4.79 Å². The predicted octanol–water partition coefficient (Wildman–Crippen LogP) is 11.9. The molecule has 0 bridgehead atoms. The molecule has 0 aromatic carbocycles. The van der Waals surface area contributed by atoms with Gasteiger partial charge in [-0.15, -0.1) is 0 Å². The van der Waals surface area contributed by atoms with E-state index in [1.54, 1.807) is 0 Å². The zero-order chi connectivity index (χ0) is 45.7. The quantitative estimate of drug-likeness (QED) is 0.0822. The molecule has 1 nitrogen and oxygen atoms in total. The van der Waals surface area contributed by atoms with Crippen LogP contribution in [0.4, 0.5) is 149 Å². The maximum atomic E-state index is 14.0. The van der Waals surface area contributed by atoms with Crippen molar-refractivity contribution in [2.24, 2.45) is 0 Å². The Hall–Kier alpha value is -2.01. The molecule has 37 heteroatoms. The number of halogens is 34. The van der Waals surface area contributed by atoms with E-state index in [1.807, 2.05) is 0 Å². The summed E-state index contributed by atoms with van der Waals surface area (Å²) in [5.74, 6) is -109. The van der Waals surface area contributed by atoms with E-state index in [0.717, 1.165) is 0 Å². The van der Waals surface area contributed by atoms with E-state index < -0.39 is 128 Å². The number of rotatable bonds is 17. The molecule has 0 aliphatic rings. The van der Waals surface area contributed by atoms with Crippen LogP contribution in [0.1, 0.15) is 0 Å². The van der Waals surface area contributed by atoms with E-state index in [2.05, 4.69) is 0 Å². The molecule has 0 aromatic heterocycles. The molecule has 330 valence electrons. The highest BCUT2D eigenvalue weighted by molar-refractivity contribution is 8.18. The van der Waals surface area contributed by atoms with Gasteiger partial charge in [-0.25, -0.2) is 0 Å². The van der Waals surface area contributed by atoms with Crippen LogP contribution < -0.4 is 0 Å². The third-order valence-electron chi connectivity index (χ3n) is 6.03. The number of carbonyl (C=O) groups excluding carboxylic acids is 1. The molecule has 0 spiro atoms. The van der Waals surface area contributed by atoms with Crippen molar-refractivity contribution in [3.8, 4) is 0 Å². The summed E-state index contributed by atoms with van der Waals surface area (Å²) in [7, 11) is 0. The molecule has 0 rings (SSSR count). The molecule has 0 amide bonds. The van der Waals surface area contributed by atoms with Gasteiger partial charge in [0, 0.05) is 0 Å². The molecule has 0 saturated heterocycles. The molecule has 55 heavy (non-hydrogen) atoms. The SMILES string of the molecule is O=CC(SC(F)(F)C(F)(F)C(F)(F)C(F)(F)C(F)(F)C(F)(F)C(F)(F)C(F)(F)F)SC(F)(F)C(F)(F)C(F)(F)C(F)(F)C(F)(F)C(F)(F)C(F)(F)C(F)(F)F. The molecular weight excluding hydrogens is 942 g/mol. The molecule has 0 heterocycles. The summed E-state index contributed by atoms with van der Waals surface area (Å²) in [6.07, 6.45) is -18.7. The second-order valence-corrected chi connectivity index (χ2v) is 12.5. The monoisotopic (exact) mass is 944 g/mol. The van der Waals surface area contributed by atoms with E-state index in [-0.39, 0.29) is 0 Å². The van der Waals surface area contributed by atoms with Crippen LogP contribution in [0.3, 0.4) is 0 Å². The Morgan fingerprint density at radius 1 is 0.255 bits per heavy atom. The van der Waals surface area contributed by atoms with Gasteiger partial charge in [-0.1, -0.05) is 23.5 Å². The van der Waals surface area contributed by atoms with Crippen LogP contribution in [0.25, 0.3) is 0 Å². The molecule has 0 fully saturated rings. The van der Waals surface area contributed by atoms with Crippen LogP contribution >= 0.6 is 23.5 Å². The van der Waals surface area contributed by atoms with Crippen LogP contribution in [0.15, 0.2) is 0 Å². The van der Waals surface area contributed by atoms with Crippen molar-refractivity contribution in [3.63, 3.8) is 0 Å². The molecule has 0 aliphatic carbocycles. The largest absolute Gasteiger partial charge is 0.460 e. The van der Waals surface area contributed by atoms with Crippen molar-refractivity contribution in [2.75, 3.05) is 0 Å². The van der Waals surface area contributed by atoms with Crippen molar-refractivity contribution < 1.29 is 154 Å². The smallest absolute Gasteiger partial charge is 0.301 e. The summed E-state index contributed by atoms with van der Waals surface area (Å²) in [5, 5.41) is -16.2. The lowest BCUT2D eigenvalue weighted by molar-refractivity contribution is -0.458. The van der Waals surface area contributed by atoms with Crippen LogP contribution in [-0.4, -0.2) is 105 Å². The first kappa shape index (κ1) is 53.0. The fourth-order valence-electron chi connectivity index (χ4n) is 2.82. The number of alkyl halides is 34. The molecule has 0 aromatic rings. The lowest BCUT2D eigenvalue weighted by Crippen LogP contribution is -2.74. The minimum Gasteiger partial charge on any atom is -0.301 e. The minimum absolute atomic E-state index is 2.23. The number of hydrogen-bond donors (Lipinski definition) is 0. The fraction of sp³-hybridized carbons (Fsp3) is 0.944. The number of aldehydes is 1. The van der Waals surface area contributed by atoms with E-state index in [1.165, 1.54) is 0 Å². The zero-order valence-electron chi connectivity index (χ0n) is 23.2. The summed E-state index contributed by atoms with van der Waals surface area (Å²) >= 11 is -7.00. The van der Waals surface area contributed by atoms with E-state index in [0.29, 0.717) is 0 Å². The van der Waals surface area contributed by atoms with Gasteiger partial charge in [-0.2, -0.15) is 149 Å². The molecular formula is C18H2F34OS2. The minimum atomic E-state index is -9.39. The maximum Gasteiger partial charge on any atom is 0.460 e. The molecule has 0 radical (unpaired) electrons. The average Bonchev–Trinajstić information content (AvgIpc) is 2.93. The molecule has 0 unspecified atom stereocenters. The van der Waals surface area contributed by atoms with Gasteiger partial charge in [-0.3, -0.25) is 0 Å². The molecule has 0 saturated carbocycles. The first-order valence-electron chi connectivity index (χ1n) is 11.4. The topological polar surface area (TPSA) is 17.1 Å². The maximum absolute atomic E-state index is 14.0. The summed E-state index contributed by atoms with van der Waals surface area (Å²) < 4.78 is 447. The first-order valence-corrected chi connectivity index (χ1v) is 13.1. The summed E-state index contributed by atoms with van der Waals surface area (Å²) in [6, 6.07) is 0. The Balaban J connectivity index is 7.13. The van der Waals surface area contributed by atoms with Crippen molar-refractivity contribution in [3.05, 3.63) is 0 Å². The second kappa shape index (κ2) is 13.5. The summed E-state index contributed by atoms with van der Waals surface area (Å²) in [4.78, 5) is 10.7. The lowest BCUT2D eigenvalue weighted by atomic mass is 9.91. The lowest BCUT2D eigenvalue weighted by Gasteiger charge is -2.43. The highest BCUT2D eigenvalue weighted by Gasteiger charge is 2.97. The zero-order valence-corrected chi connectivity index (χ0v) is 24.9. The highest BCUT2D eigenvalue weighted by Crippen LogP contribution is 2.68. The second-order valence-electron chi connectivity index (χ2n) is 9.66. The van der Waals surface area contributed by atoms with Gasteiger partial charge in [-0.05, 0) is 0 Å². The van der Waals surface area contributed by atoms with Crippen molar-refractivity contribution >= 4 is 29.8 Å². The van der Waals surface area contributed by atoms with Gasteiger partial charge >= 0.3 is 93.9 Å². The fourth-order valence-corrected chi connectivity index (χ4v) is 4.98. The van der Waals surface area contributed by atoms with E-state index >= 15 is 0 Å². The first-order chi connectivity index (χ1) is 23.1. The standard InChI is InChI=1S/C18H2F34OS2/c19-3(20,7(27,28)11(35,36)15(43,44)45)5(23,24)9(31,32)13(39,40)17(49,50)54-2(1-53)55-18(51,52)14(41,42)10(33,34)6(25,26)4(21,22)8(29,30)12(37,38)16(46,47)48/h1-2H. The van der Waals surface area contributed by atoms with Crippen molar-refractivity contribution in [1.29, 1.82) is 0 Å². The number of thioether (sulfide) groups is 2. The van der Waals surface area contributed by atoms with Crippen LogP contribution in [0, 0.1) is 0 Å². The van der Waals surface area contributed by atoms with Crippen LogP contribution in [0.5, 0.6) is 0 Å². The summed E-state index contributed by atoms with van der Waals surface area (Å²) in [5.41, 5.74) is 0. The van der Waals surface area contributed by atoms with Crippen molar-refractivity contribution in [1.82, 2.24) is 0 Å². The van der Waals surface area contributed by atoms with E-state index in [4.69, 9.17) is 0 Å². The van der Waals surface area contributed by atoms with Gasteiger partial charge in [0.05, 0.1) is 0 Å². The summed E-state index contributed by atoms with van der Waals surface area (Å²) in [6.45, 7) is 0. The Bertz CT molecular complexity index is 1280. The van der Waals surface area contributed by atoms with Gasteiger partial charge < -0.3 is 4.79 Å².